The molecule has 1 N–H and O–H groups in total. The zero-order valence-corrected chi connectivity index (χ0v) is 15.8. The highest BCUT2D eigenvalue weighted by molar-refractivity contribution is 5.92. The second-order valence-corrected chi connectivity index (χ2v) is 6.76. The number of hydrogen-bond donors (Lipinski definition) is 1. The second-order valence-electron chi connectivity index (χ2n) is 6.76. The lowest BCUT2D eigenvalue weighted by Gasteiger charge is -2.33. The topological polar surface area (TPSA) is 55.9 Å². The summed E-state index contributed by atoms with van der Waals surface area (Å²) in [5, 5.41) is 2.96. The number of carbonyl (C=O) groups is 2. The zero-order chi connectivity index (χ0) is 18.4. The summed E-state index contributed by atoms with van der Waals surface area (Å²) in [6.07, 6.45) is 0. The van der Waals surface area contributed by atoms with E-state index in [1.165, 1.54) is 0 Å². The fraction of sp³-hybridized carbons (Fsp3) is 0.579. The first-order valence-electron chi connectivity index (χ1n) is 9.05. The van der Waals surface area contributed by atoms with Crippen LogP contribution in [0, 0.1) is 0 Å². The van der Waals surface area contributed by atoms with Gasteiger partial charge in [0.15, 0.2) is 0 Å². The number of anilines is 2. The van der Waals surface area contributed by atoms with Crippen molar-refractivity contribution in [3.05, 3.63) is 24.3 Å². The number of piperazine rings is 1. The Labute approximate surface area is 150 Å². The fourth-order valence-electron chi connectivity index (χ4n) is 3.21. The Bertz CT molecular complexity index is 578. The number of amides is 2. The van der Waals surface area contributed by atoms with Crippen LogP contribution in [0.15, 0.2) is 24.3 Å². The van der Waals surface area contributed by atoms with Gasteiger partial charge in [0.25, 0.3) is 0 Å². The van der Waals surface area contributed by atoms with Gasteiger partial charge in [-0.25, -0.2) is 0 Å². The predicted molar refractivity (Wildman–Crippen MR) is 102 cm³/mol. The number of nitrogens with one attached hydrogen (secondary N) is 1. The molecule has 0 spiro atoms. The molecule has 1 fully saturated rings. The second kappa shape index (κ2) is 8.85. The maximum absolute atomic E-state index is 12.2. The molecule has 1 saturated heterocycles. The van der Waals surface area contributed by atoms with Gasteiger partial charge in [-0.15, -0.1) is 0 Å². The summed E-state index contributed by atoms with van der Waals surface area (Å²) in [5.41, 5.74) is 1.98. The van der Waals surface area contributed by atoms with Crippen LogP contribution in [0.3, 0.4) is 0 Å². The molecule has 2 amide bonds. The standard InChI is InChI=1S/C19H30N4O2/c1-5-23(15(2)3)18-8-6-17(7-9-18)20-19(25)14-21-10-12-22(13-11-21)16(4)24/h6-9,15H,5,10-14H2,1-4H3,(H,20,25). The molecule has 1 aliphatic rings. The van der Waals surface area contributed by atoms with Gasteiger partial charge in [0, 0.05) is 57.1 Å². The van der Waals surface area contributed by atoms with E-state index < -0.39 is 0 Å². The minimum atomic E-state index is -0.0137. The van der Waals surface area contributed by atoms with Crippen LogP contribution in [-0.2, 0) is 9.59 Å². The monoisotopic (exact) mass is 346 g/mol. The Balaban J connectivity index is 1.84. The van der Waals surface area contributed by atoms with Crippen LogP contribution in [0.1, 0.15) is 27.7 Å². The summed E-state index contributed by atoms with van der Waals surface area (Å²) in [6.45, 7) is 12.3. The molecule has 6 nitrogen and oxygen atoms in total. The third kappa shape index (κ3) is 5.46. The van der Waals surface area contributed by atoms with E-state index in [0.29, 0.717) is 25.7 Å². The van der Waals surface area contributed by atoms with Crippen molar-refractivity contribution in [2.24, 2.45) is 0 Å². The van der Waals surface area contributed by atoms with Crippen LogP contribution in [0.25, 0.3) is 0 Å². The Morgan fingerprint density at radius 3 is 2.20 bits per heavy atom. The third-order valence-electron chi connectivity index (χ3n) is 4.63. The minimum Gasteiger partial charge on any atom is -0.369 e. The van der Waals surface area contributed by atoms with Gasteiger partial charge in [-0.05, 0) is 45.0 Å². The highest BCUT2D eigenvalue weighted by atomic mass is 16.2. The molecule has 1 aromatic rings. The van der Waals surface area contributed by atoms with E-state index in [1.807, 2.05) is 29.2 Å². The highest BCUT2D eigenvalue weighted by Gasteiger charge is 2.20. The van der Waals surface area contributed by atoms with Crippen molar-refractivity contribution in [3.63, 3.8) is 0 Å². The Kier molecular flexibility index (Phi) is 6.82. The number of benzene rings is 1. The van der Waals surface area contributed by atoms with Crippen molar-refractivity contribution in [3.8, 4) is 0 Å². The molecule has 0 aliphatic carbocycles. The molecule has 138 valence electrons. The van der Waals surface area contributed by atoms with E-state index in [9.17, 15) is 9.59 Å². The van der Waals surface area contributed by atoms with Gasteiger partial charge in [-0.1, -0.05) is 0 Å². The minimum absolute atomic E-state index is 0.0137. The number of hydrogen-bond acceptors (Lipinski definition) is 4. The first kappa shape index (κ1) is 19.2. The fourth-order valence-corrected chi connectivity index (χ4v) is 3.21. The Hall–Kier alpha value is -2.08. The molecule has 0 aromatic heterocycles. The van der Waals surface area contributed by atoms with Crippen molar-refractivity contribution in [2.45, 2.75) is 33.7 Å². The summed E-state index contributed by atoms with van der Waals surface area (Å²) in [6, 6.07) is 8.44. The van der Waals surface area contributed by atoms with Gasteiger partial charge in [0.05, 0.1) is 6.54 Å². The SMILES string of the molecule is CCN(c1ccc(NC(=O)CN2CCN(C(C)=O)CC2)cc1)C(C)C. The molecule has 0 unspecified atom stereocenters. The van der Waals surface area contributed by atoms with Gasteiger partial charge < -0.3 is 15.1 Å². The molecule has 0 saturated carbocycles. The molecule has 2 rings (SSSR count). The molecule has 0 atom stereocenters. The maximum atomic E-state index is 12.2. The highest BCUT2D eigenvalue weighted by Crippen LogP contribution is 2.19. The molecular weight excluding hydrogens is 316 g/mol. The molecule has 6 heteroatoms. The van der Waals surface area contributed by atoms with Gasteiger partial charge in [0.1, 0.15) is 0 Å². The Morgan fingerprint density at radius 1 is 1.12 bits per heavy atom. The van der Waals surface area contributed by atoms with E-state index in [0.717, 1.165) is 31.0 Å². The van der Waals surface area contributed by atoms with Crippen LogP contribution < -0.4 is 10.2 Å². The molecule has 25 heavy (non-hydrogen) atoms. The number of rotatable bonds is 6. The van der Waals surface area contributed by atoms with E-state index in [1.54, 1.807) is 6.92 Å². The van der Waals surface area contributed by atoms with Gasteiger partial charge in [-0.3, -0.25) is 14.5 Å². The predicted octanol–water partition coefficient (Wildman–Crippen LogP) is 2.02. The van der Waals surface area contributed by atoms with Gasteiger partial charge in [-0.2, -0.15) is 0 Å². The van der Waals surface area contributed by atoms with E-state index in [2.05, 4.69) is 35.9 Å². The maximum Gasteiger partial charge on any atom is 0.238 e. The average Bonchev–Trinajstić information content (AvgIpc) is 2.57. The van der Waals surface area contributed by atoms with Crippen LogP contribution in [0.5, 0.6) is 0 Å². The molecule has 0 radical (unpaired) electrons. The molecular formula is C19H30N4O2. The van der Waals surface area contributed by atoms with Gasteiger partial charge >= 0.3 is 0 Å². The summed E-state index contributed by atoms with van der Waals surface area (Å²) < 4.78 is 0. The van der Waals surface area contributed by atoms with Crippen molar-refractivity contribution in [1.29, 1.82) is 0 Å². The smallest absolute Gasteiger partial charge is 0.238 e. The molecule has 0 bridgehead atoms. The molecule has 1 heterocycles. The molecule has 1 aromatic carbocycles. The number of carbonyl (C=O) groups excluding carboxylic acids is 2. The average molecular weight is 346 g/mol. The van der Waals surface area contributed by atoms with E-state index in [4.69, 9.17) is 0 Å². The zero-order valence-electron chi connectivity index (χ0n) is 15.8. The van der Waals surface area contributed by atoms with E-state index in [-0.39, 0.29) is 11.8 Å². The van der Waals surface area contributed by atoms with Crippen LogP contribution in [0.2, 0.25) is 0 Å². The first-order valence-corrected chi connectivity index (χ1v) is 9.05. The number of nitrogens with zero attached hydrogens (tertiary/aromatic N) is 3. The van der Waals surface area contributed by atoms with Gasteiger partial charge in [0.2, 0.25) is 11.8 Å². The van der Waals surface area contributed by atoms with E-state index >= 15 is 0 Å². The normalized spacial score (nSPS) is 15.3. The summed E-state index contributed by atoms with van der Waals surface area (Å²) >= 11 is 0. The molecule has 1 aliphatic heterocycles. The van der Waals surface area contributed by atoms with Crippen LogP contribution in [0.4, 0.5) is 11.4 Å². The first-order chi connectivity index (χ1) is 11.9. The quantitative estimate of drug-likeness (QED) is 0.856. The van der Waals surface area contributed by atoms with Crippen molar-refractivity contribution >= 4 is 23.2 Å². The summed E-state index contributed by atoms with van der Waals surface area (Å²) in [4.78, 5) is 29.8. The van der Waals surface area contributed by atoms with Crippen LogP contribution in [-0.4, -0.2) is 66.9 Å². The van der Waals surface area contributed by atoms with Crippen molar-refractivity contribution < 1.29 is 9.59 Å². The lowest BCUT2D eigenvalue weighted by Crippen LogP contribution is -2.49. The third-order valence-corrected chi connectivity index (χ3v) is 4.63. The Morgan fingerprint density at radius 2 is 1.72 bits per heavy atom. The summed E-state index contributed by atoms with van der Waals surface area (Å²) in [7, 11) is 0. The lowest BCUT2D eigenvalue weighted by atomic mass is 10.2. The van der Waals surface area contributed by atoms with Crippen molar-refractivity contribution in [1.82, 2.24) is 9.80 Å². The van der Waals surface area contributed by atoms with Crippen LogP contribution >= 0.6 is 0 Å². The van der Waals surface area contributed by atoms with Crippen molar-refractivity contribution in [2.75, 3.05) is 49.5 Å². The largest absolute Gasteiger partial charge is 0.369 e. The lowest BCUT2D eigenvalue weighted by molar-refractivity contribution is -0.130. The summed E-state index contributed by atoms with van der Waals surface area (Å²) in [5.74, 6) is 0.0898.